The number of rotatable bonds is 11. The lowest BCUT2D eigenvalue weighted by molar-refractivity contribution is -0.383. The molecule has 0 unspecified atom stereocenters. The molecular weight excluding hydrogens is 474 g/mol. The van der Waals surface area contributed by atoms with Gasteiger partial charge in [0, 0.05) is 20.8 Å². The van der Waals surface area contributed by atoms with Gasteiger partial charge in [0.2, 0.25) is 0 Å². The number of thioether (sulfide) groups is 1. The number of carbonyl (C=O) groups is 3. The van der Waals surface area contributed by atoms with E-state index in [1.807, 2.05) is 0 Å². The summed E-state index contributed by atoms with van der Waals surface area (Å²) in [5, 5.41) is 11.9. The van der Waals surface area contributed by atoms with E-state index < -0.39 is 41.1 Å². The summed E-state index contributed by atoms with van der Waals surface area (Å²) in [6.45, 7) is 4.32. The molecule has 0 radical (unpaired) electrons. The zero-order valence-corrected chi connectivity index (χ0v) is 20.0. The number of esters is 3. The molecule has 186 valence electrons. The van der Waals surface area contributed by atoms with Crippen LogP contribution in [0.15, 0.2) is 11.4 Å². The average molecular weight is 500 g/mol. The second-order valence-corrected chi connectivity index (χ2v) is 7.83. The van der Waals surface area contributed by atoms with Crippen molar-refractivity contribution < 1.29 is 38.3 Å². The molecule has 0 saturated heterocycles. The summed E-state index contributed by atoms with van der Waals surface area (Å²) in [7, 11) is 0. The Bertz CT molecular complexity index is 1090. The van der Waals surface area contributed by atoms with Crippen molar-refractivity contribution in [2.75, 3.05) is 18.6 Å². The molecular formula is C19H25N5O9S. The number of hydrogen-bond acceptors (Lipinski definition) is 13. The maximum absolute atomic E-state index is 11.7. The minimum Gasteiger partial charge on any atom is -0.463 e. The molecule has 0 aliphatic rings. The third kappa shape index (κ3) is 6.77. The van der Waals surface area contributed by atoms with E-state index in [4.69, 9.17) is 24.7 Å². The van der Waals surface area contributed by atoms with Crippen LogP contribution in [0.25, 0.3) is 11.0 Å². The highest BCUT2D eigenvalue weighted by molar-refractivity contribution is 7.98. The van der Waals surface area contributed by atoms with Crippen LogP contribution in [0.3, 0.4) is 0 Å². The van der Waals surface area contributed by atoms with E-state index in [1.165, 1.54) is 43.3 Å². The smallest absolute Gasteiger partial charge is 0.303 e. The largest absolute Gasteiger partial charge is 0.463 e. The molecule has 3 atom stereocenters. The number of ether oxygens (including phenoxy) is 4. The monoisotopic (exact) mass is 499 g/mol. The SMILES string of the molecule is CSc1nc(N)c2c([N+](=O)[O-])cn(CO[C@H](COC(C)=O)[C@@H](OC(C)=O)[C@H](C)OC(C)=O)c2n1. The number of nitrogens with zero attached hydrogens (tertiary/aromatic N) is 4. The Morgan fingerprint density at radius 2 is 1.82 bits per heavy atom. The number of nitrogen functional groups attached to an aromatic ring is 1. The predicted molar refractivity (Wildman–Crippen MR) is 119 cm³/mol. The minimum atomic E-state index is -1.15. The Hall–Kier alpha value is -3.46. The van der Waals surface area contributed by atoms with Crippen LogP contribution in [0.2, 0.25) is 0 Å². The first-order valence-electron chi connectivity index (χ1n) is 9.88. The molecule has 34 heavy (non-hydrogen) atoms. The molecule has 0 aromatic carbocycles. The first-order chi connectivity index (χ1) is 15.9. The molecule has 2 aromatic rings. The van der Waals surface area contributed by atoms with Gasteiger partial charge < -0.3 is 29.2 Å². The molecule has 0 amide bonds. The van der Waals surface area contributed by atoms with E-state index in [0.717, 1.165) is 6.92 Å². The average Bonchev–Trinajstić information content (AvgIpc) is 3.11. The van der Waals surface area contributed by atoms with Crippen LogP contribution < -0.4 is 5.73 Å². The van der Waals surface area contributed by atoms with Crippen LogP contribution in [0, 0.1) is 10.1 Å². The third-order valence-electron chi connectivity index (χ3n) is 4.44. The van der Waals surface area contributed by atoms with Crippen LogP contribution >= 0.6 is 11.8 Å². The van der Waals surface area contributed by atoms with Crippen LogP contribution in [0.1, 0.15) is 27.7 Å². The minimum absolute atomic E-state index is 0.0350. The lowest BCUT2D eigenvalue weighted by atomic mass is 10.1. The first kappa shape index (κ1) is 26.8. The molecule has 15 heteroatoms. The summed E-state index contributed by atoms with van der Waals surface area (Å²) in [6, 6.07) is 0. The standard InChI is InChI=1S/C19H25N5O9S/c1-9(32-11(3)26)16(33-12(4)27)14(7-30-10(2)25)31-8-23-6-13(24(28)29)15-17(20)21-19(34-5)22-18(15)23/h6,9,14,16H,7-8H2,1-5H3,(H2,20,21,22)/t9-,14+,16-/m0/s1. The van der Waals surface area contributed by atoms with Crippen molar-refractivity contribution in [3.05, 3.63) is 16.3 Å². The lowest BCUT2D eigenvalue weighted by Crippen LogP contribution is -2.45. The molecule has 0 spiro atoms. The second kappa shape index (κ2) is 11.6. The Morgan fingerprint density at radius 1 is 1.18 bits per heavy atom. The van der Waals surface area contributed by atoms with Gasteiger partial charge in [-0.3, -0.25) is 24.5 Å². The maximum Gasteiger partial charge on any atom is 0.303 e. The van der Waals surface area contributed by atoms with E-state index >= 15 is 0 Å². The van der Waals surface area contributed by atoms with Crippen molar-refractivity contribution in [2.45, 2.75) is 57.9 Å². The van der Waals surface area contributed by atoms with E-state index in [-0.39, 0.29) is 41.0 Å². The number of nitrogens with two attached hydrogens (primary N) is 1. The van der Waals surface area contributed by atoms with Gasteiger partial charge in [0.15, 0.2) is 16.9 Å². The van der Waals surface area contributed by atoms with Gasteiger partial charge in [-0.2, -0.15) is 0 Å². The van der Waals surface area contributed by atoms with Gasteiger partial charge in [0.05, 0.1) is 11.1 Å². The fourth-order valence-electron chi connectivity index (χ4n) is 3.11. The number of aromatic nitrogens is 3. The number of carbonyl (C=O) groups excluding carboxylic acids is 3. The topological polar surface area (TPSA) is 188 Å². The zero-order valence-electron chi connectivity index (χ0n) is 19.2. The van der Waals surface area contributed by atoms with Crippen LogP contribution in [0.4, 0.5) is 11.5 Å². The van der Waals surface area contributed by atoms with E-state index in [1.54, 1.807) is 6.26 Å². The number of anilines is 1. The molecule has 0 fully saturated rings. The summed E-state index contributed by atoms with van der Waals surface area (Å²) in [5.41, 5.74) is 5.74. The molecule has 2 aromatic heterocycles. The third-order valence-corrected chi connectivity index (χ3v) is 4.99. The second-order valence-electron chi connectivity index (χ2n) is 7.06. The summed E-state index contributed by atoms with van der Waals surface area (Å²) in [6.07, 6.45) is -0.316. The molecule has 14 nitrogen and oxygen atoms in total. The van der Waals surface area contributed by atoms with Gasteiger partial charge >= 0.3 is 17.9 Å². The van der Waals surface area contributed by atoms with Gasteiger partial charge in [-0.1, -0.05) is 11.8 Å². The fourth-order valence-corrected chi connectivity index (χ4v) is 3.48. The van der Waals surface area contributed by atoms with Gasteiger partial charge in [0.1, 0.15) is 36.7 Å². The molecule has 0 bridgehead atoms. The van der Waals surface area contributed by atoms with Gasteiger partial charge in [0.25, 0.3) is 5.69 Å². The number of nitro groups is 1. The van der Waals surface area contributed by atoms with Gasteiger partial charge in [-0.15, -0.1) is 0 Å². The number of fused-ring (bicyclic) bond motifs is 1. The van der Waals surface area contributed by atoms with Crippen molar-refractivity contribution in [3.8, 4) is 0 Å². The molecule has 0 saturated carbocycles. The zero-order chi connectivity index (χ0) is 25.6. The van der Waals surface area contributed by atoms with Crippen LogP contribution in [-0.2, 0) is 40.1 Å². The maximum atomic E-state index is 11.7. The Morgan fingerprint density at radius 3 is 2.35 bits per heavy atom. The summed E-state index contributed by atoms with van der Waals surface area (Å²) < 4.78 is 22.6. The van der Waals surface area contributed by atoms with Crippen LogP contribution in [0.5, 0.6) is 0 Å². The number of hydrogen-bond donors (Lipinski definition) is 1. The van der Waals surface area contributed by atoms with E-state index in [0.29, 0.717) is 0 Å². The summed E-state index contributed by atoms with van der Waals surface area (Å²) >= 11 is 1.19. The fraction of sp³-hybridized carbons (Fsp3) is 0.526. The van der Waals surface area contributed by atoms with Crippen molar-refractivity contribution in [3.63, 3.8) is 0 Å². The van der Waals surface area contributed by atoms with Crippen molar-refractivity contribution in [2.24, 2.45) is 0 Å². The highest BCUT2D eigenvalue weighted by atomic mass is 32.2. The van der Waals surface area contributed by atoms with Crippen LogP contribution in [-0.4, -0.2) is 68.5 Å². The van der Waals surface area contributed by atoms with Crippen molar-refractivity contribution in [1.29, 1.82) is 0 Å². The quantitative estimate of drug-likeness (QED) is 0.117. The summed E-state index contributed by atoms with van der Waals surface area (Å²) in [4.78, 5) is 53.8. The molecule has 2 heterocycles. The Kier molecular flexibility index (Phi) is 9.14. The lowest BCUT2D eigenvalue weighted by Gasteiger charge is -2.30. The summed E-state index contributed by atoms with van der Waals surface area (Å²) in [5.74, 6) is -2.01. The van der Waals surface area contributed by atoms with Gasteiger partial charge in [-0.25, -0.2) is 9.97 Å². The van der Waals surface area contributed by atoms with Gasteiger partial charge in [-0.05, 0) is 13.2 Å². The Labute approximate surface area is 198 Å². The van der Waals surface area contributed by atoms with E-state index in [9.17, 15) is 24.5 Å². The van der Waals surface area contributed by atoms with Crippen molar-refractivity contribution >= 4 is 52.2 Å². The predicted octanol–water partition coefficient (Wildman–Crippen LogP) is 1.43. The highest BCUT2D eigenvalue weighted by Crippen LogP contribution is 2.32. The molecule has 0 aliphatic heterocycles. The molecule has 2 N–H and O–H groups in total. The molecule has 2 rings (SSSR count). The van der Waals surface area contributed by atoms with E-state index in [2.05, 4.69) is 9.97 Å². The molecule has 0 aliphatic carbocycles. The first-order valence-corrected chi connectivity index (χ1v) is 11.1. The Balaban J connectivity index is 2.44. The highest BCUT2D eigenvalue weighted by Gasteiger charge is 2.34. The van der Waals surface area contributed by atoms with Crippen molar-refractivity contribution in [1.82, 2.24) is 14.5 Å². The normalized spacial score (nSPS) is 13.7.